The number of pyridine rings is 1. The van der Waals surface area contributed by atoms with Crippen molar-refractivity contribution in [2.75, 3.05) is 0 Å². The van der Waals surface area contributed by atoms with Gasteiger partial charge >= 0.3 is 0 Å². The van der Waals surface area contributed by atoms with Crippen molar-refractivity contribution in [1.29, 1.82) is 0 Å². The summed E-state index contributed by atoms with van der Waals surface area (Å²) < 4.78 is 0. The molecule has 0 amide bonds. The van der Waals surface area contributed by atoms with Crippen LogP contribution in [0.4, 0.5) is 0 Å². The third-order valence-electron chi connectivity index (χ3n) is 3.23. The number of nitrogens with zero attached hydrogens (tertiary/aromatic N) is 2. The van der Waals surface area contributed by atoms with Crippen molar-refractivity contribution in [3.63, 3.8) is 0 Å². The van der Waals surface area contributed by atoms with Crippen molar-refractivity contribution in [3.05, 3.63) is 60.0 Å². The molecule has 0 unspecified atom stereocenters. The third-order valence-corrected chi connectivity index (χ3v) is 3.23. The van der Waals surface area contributed by atoms with Gasteiger partial charge in [-0.1, -0.05) is 29.8 Å². The first-order chi connectivity index (χ1) is 9.24. The molecule has 0 bridgehead atoms. The van der Waals surface area contributed by atoms with Crippen LogP contribution in [-0.2, 0) is 0 Å². The van der Waals surface area contributed by atoms with Crippen molar-refractivity contribution in [1.82, 2.24) is 15.0 Å². The highest BCUT2D eigenvalue weighted by atomic mass is 14.9. The molecule has 0 saturated heterocycles. The van der Waals surface area contributed by atoms with Gasteiger partial charge in [-0.05, 0) is 25.5 Å². The fourth-order valence-corrected chi connectivity index (χ4v) is 2.06. The van der Waals surface area contributed by atoms with Gasteiger partial charge in [0.1, 0.15) is 5.82 Å². The van der Waals surface area contributed by atoms with Crippen molar-refractivity contribution < 1.29 is 0 Å². The van der Waals surface area contributed by atoms with Gasteiger partial charge in [-0.3, -0.25) is 4.98 Å². The van der Waals surface area contributed by atoms with E-state index in [1.165, 1.54) is 11.1 Å². The standard InChI is InChI=1S/C16H15N3/c1-11-3-5-13(6-4-11)16-18-10-15(19-16)14-9-17-8-7-12(14)2/h3-10H,1-2H3,(H,18,19). The van der Waals surface area contributed by atoms with E-state index in [0.717, 1.165) is 22.6 Å². The number of imidazole rings is 1. The summed E-state index contributed by atoms with van der Waals surface area (Å²) in [6.07, 6.45) is 5.52. The highest BCUT2D eigenvalue weighted by molar-refractivity contribution is 5.66. The van der Waals surface area contributed by atoms with Gasteiger partial charge in [-0.25, -0.2) is 4.98 Å². The van der Waals surface area contributed by atoms with Crippen LogP contribution in [0.1, 0.15) is 11.1 Å². The minimum Gasteiger partial charge on any atom is -0.338 e. The molecule has 94 valence electrons. The number of benzene rings is 1. The molecule has 0 spiro atoms. The van der Waals surface area contributed by atoms with Crippen molar-refractivity contribution in [3.8, 4) is 22.6 Å². The van der Waals surface area contributed by atoms with Gasteiger partial charge in [0.2, 0.25) is 0 Å². The molecule has 1 N–H and O–H groups in total. The van der Waals surface area contributed by atoms with Gasteiger partial charge < -0.3 is 4.98 Å². The number of nitrogens with one attached hydrogen (secondary N) is 1. The highest BCUT2D eigenvalue weighted by Crippen LogP contribution is 2.23. The molecule has 0 aliphatic rings. The molecule has 0 fully saturated rings. The van der Waals surface area contributed by atoms with E-state index in [0.29, 0.717) is 0 Å². The van der Waals surface area contributed by atoms with Gasteiger partial charge in [0, 0.05) is 23.5 Å². The predicted octanol–water partition coefficient (Wildman–Crippen LogP) is 3.76. The second-order valence-electron chi connectivity index (χ2n) is 4.70. The van der Waals surface area contributed by atoms with Crippen LogP contribution >= 0.6 is 0 Å². The predicted molar refractivity (Wildman–Crippen MR) is 76.7 cm³/mol. The zero-order valence-corrected chi connectivity index (χ0v) is 11.0. The van der Waals surface area contributed by atoms with Gasteiger partial charge in [-0.2, -0.15) is 0 Å². The van der Waals surface area contributed by atoms with Crippen LogP contribution in [0.5, 0.6) is 0 Å². The zero-order chi connectivity index (χ0) is 13.2. The Balaban J connectivity index is 2.00. The minimum atomic E-state index is 0.887. The topological polar surface area (TPSA) is 41.6 Å². The van der Waals surface area contributed by atoms with E-state index < -0.39 is 0 Å². The molecule has 3 nitrogen and oxygen atoms in total. The first kappa shape index (κ1) is 11.7. The van der Waals surface area contributed by atoms with E-state index in [-0.39, 0.29) is 0 Å². The largest absolute Gasteiger partial charge is 0.338 e. The molecule has 3 rings (SSSR count). The van der Waals surface area contributed by atoms with E-state index in [4.69, 9.17) is 0 Å². The molecular weight excluding hydrogens is 234 g/mol. The van der Waals surface area contributed by atoms with E-state index >= 15 is 0 Å². The molecule has 19 heavy (non-hydrogen) atoms. The lowest BCUT2D eigenvalue weighted by Gasteiger charge is -2.01. The molecule has 3 heteroatoms. The van der Waals surface area contributed by atoms with E-state index in [1.807, 2.05) is 18.5 Å². The fourth-order valence-electron chi connectivity index (χ4n) is 2.06. The number of rotatable bonds is 2. The van der Waals surface area contributed by atoms with E-state index in [2.05, 4.69) is 53.1 Å². The molecule has 0 aliphatic heterocycles. The van der Waals surface area contributed by atoms with Crippen LogP contribution in [0, 0.1) is 13.8 Å². The molecular formula is C16H15N3. The molecule has 2 heterocycles. The molecule has 0 radical (unpaired) electrons. The van der Waals surface area contributed by atoms with E-state index in [1.54, 1.807) is 6.20 Å². The molecule has 0 atom stereocenters. The lowest BCUT2D eigenvalue weighted by molar-refractivity contribution is 1.26. The summed E-state index contributed by atoms with van der Waals surface area (Å²) in [4.78, 5) is 12.0. The molecule has 1 aromatic carbocycles. The van der Waals surface area contributed by atoms with E-state index in [9.17, 15) is 0 Å². The lowest BCUT2D eigenvalue weighted by Crippen LogP contribution is -1.85. The number of aromatic amines is 1. The Bertz CT molecular complexity index is 696. The van der Waals surface area contributed by atoms with Gasteiger partial charge in [0.15, 0.2) is 0 Å². The molecule has 0 saturated carbocycles. The Labute approximate surface area is 112 Å². The zero-order valence-electron chi connectivity index (χ0n) is 11.0. The number of H-pyrrole nitrogens is 1. The minimum absolute atomic E-state index is 0.887. The lowest BCUT2D eigenvalue weighted by atomic mass is 10.1. The normalized spacial score (nSPS) is 10.6. The SMILES string of the molecule is Cc1ccc(-c2ncc(-c3cnccc3C)[nH]2)cc1. The van der Waals surface area contributed by atoms with Gasteiger partial charge in [0.05, 0.1) is 11.9 Å². The Morgan fingerprint density at radius 1 is 0.947 bits per heavy atom. The summed E-state index contributed by atoms with van der Waals surface area (Å²) in [5.74, 6) is 0.887. The summed E-state index contributed by atoms with van der Waals surface area (Å²) in [7, 11) is 0. The summed E-state index contributed by atoms with van der Waals surface area (Å²) in [5.41, 5.74) is 5.63. The first-order valence-corrected chi connectivity index (χ1v) is 6.27. The summed E-state index contributed by atoms with van der Waals surface area (Å²) in [6.45, 7) is 4.15. The average Bonchev–Trinajstić information content (AvgIpc) is 2.89. The van der Waals surface area contributed by atoms with Crippen molar-refractivity contribution >= 4 is 0 Å². The number of hydrogen-bond donors (Lipinski definition) is 1. The maximum atomic E-state index is 4.45. The Hall–Kier alpha value is -2.42. The molecule has 2 aromatic heterocycles. The number of hydrogen-bond acceptors (Lipinski definition) is 2. The summed E-state index contributed by atoms with van der Waals surface area (Å²) in [5, 5.41) is 0. The first-order valence-electron chi connectivity index (χ1n) is 6.27. The number of aryl methyl sites for hydroxylation is 2. The quantitative estimate of drug-likeness (QED) is 0.751. The maximum Gasteiger partial charge on any atom is 0.137 e. The second kappa shape index (κ2) is 4.69. The molecule has 3 aromatic rings. The molecule has 0 aliphatic carbocycles. The van der Waals surface area contributed by atoms with Crippen LogP contribution in [-0.4, -0.2) is 15.0 Å². The Morgan fingerprint density at radius 2 is 1.74 bits per heavy atom. The Morgan fingerprint density at radius 3 is 2.47 bits per heavy atom. The van der Waals surface area contributed by atoms with Crippen LogP contribution in [0.3, 0.4) is 0 Å². The summed E-state index contributed by atoms with van der Waals surface area (Å²) in [6, 6.07) is 10.3. The average molecular weight is 249 g/mol. The van der Waals surface area contributed by atoms with Crippen LogP contribution in [0.2, 0.25) is 0 Å². The van der Waals surface area contributed by atoms with Crippen molar-refractivity contribution in [2.45, 2.75) is 13.8 Å². The fraction of sp³-hybridized carbons (Fsp3) is 0.125. The maximum absolute atomic E-state index is 4.45. The number of aromatic nitrogens is 3. The smallest absolute Gasteiger partial charge is 0.137 e. The van der Waals surface area contributed by atoms with Crippen molar-refractivity contribution in [2.24, 2.45) is 0 Å². The monoisotopic (exact) mass is 249 g/mol. The highest BCUT2D eigenvalue weighted by Gasteiger charge is 2.07. The van der Waals surface area contributed by atoms with Crippen LogP contribution < -0.4 is 0 Å². The van der Waals surface area contributed by atoms with Gasteiger partial charge in [-0.15, -0.1) is 0 Å². The third kappa shape index (κ3) is 2.27. The van der Waals surface area contributed by atoms with Crippen LogP contribution in [0.15, 0.2) is 48.9 Å². The second-order valence-corrected chi connectivity index (χ2v) is 4.70. The Kier molecular flexibility index (Phi) is 2.88. The summed E-state index contributed by atoms with van der Waals surface area (Å²) >= 11 is 0. The van der Waals surface area contributed by atoms with Crippen LogP contribution in [0.25, 0.3) is 22.6 Å². The van der Waals surface area contributed by atoms with Gasteiger partial charge in [0.25, 0.3) is 0 Å².